The average molecular weight is 647 g/mol. The van der Waals surface area contributed by atoms with Crippen LogP contribution in [-0.4, -0.2) is 42.5 Å². The molecule has 0 N–H and O–H groups in total. The van der Waals surface area contributed by atoms with E-state index in [1.54, 1.807) is 0 Å². The Balaban J connectivity index is 2.42. The molecule has 0 radical (unpaired) electrons. The molecule has 2 aromatic rings. The second-order valence-electron chi connectivity index (χ2n) is 8.38. The van der Waals surface area contributed by atoms with Crippen molar-refractivity contribution in [1.29, 1.82) is 0 Å². The van der Waals surface area contributed by atoms with Gasteiger partial charge in [0.2, 0.25) is 5.91 Å². The number of ketones is 1. The number of nitrogens with zero attached hydrogens (tertiary/aromatic N) is 1. The standard InChI is InChI=1S/C24H16Cl3F10NO2/c1-38(10-22(29,30)31)20(40)5-4-19(39)13-3-2-11(6-15(13)24(35,36)37)18(28)9-14(23(32,33)34)12-7-16(25)21(27)17(26)8-12/h2-3,6-9,14H,4-5,10H2,1H3/b18-9-. The predicted molar refractivity (Wildman–Crippen MR) is 128 cm³/mol. The van der Waals surface area contributed by atoms with Gasteiger partial charge in [-0.05, 0) is 29.8 Å². The fourth-order valence-electron chi connectivity index (χ4n) is 3.45. The summed E-state index contributed by atoms with van der Waals surface area (Å²) in [5, 5.41) is -1.06. The van der Waals surface area contributed by atoms with Crippen molar-refractivity contribution < 1.29 is 53.5 Å². The van der Waals surface area contributed by atoms with Gasteiger partial charge in [-0.3, -0.25) is 9.59 Å². The van der Waals surface area contributed by atoms with Crippen molar-refractivity contribution in [3.63, 3.8) is 0 Å². The lowest BCUT2D eigenvalue weighted by Crippen LogP contribution is -2.35. The lowest BCUT2D eigenvalue weighted by Gasteiger charge is -2.19. The molecule has 3 nitrogen and oxygen atoms in total. The topological polar surface area (TPSA) is 37.4 Å². The van der Waals surface area contributed by atoms with Crippen molar-refractivity contribution in [3.8, 4) is 0 Å². The number of alkyl halides is 9. The fraction of sp³-hybridized carbons (Fsp3) is 0.333. The highest BCUT2D eigenvalue weighted by Crippen LogP contribution is 2.43. The second kappa shape index (κ2) is 12.6. The minimum atomic E-state index is -5.29. The molecule has 220 valence electrons. The molecule has 0 heterocycles. The van der Waals surface area contributed by atoms with E-state index in [-0.39, 0.29) is 22.1 Å². The summed E-state index contributed by atoms with van der Waals surface area (Å²) < 4.78 is 134. The van der Waals surface area contributed by atoms with Crippen LogP contribution in [0, 0.1) is 0 Å². The van der Waals surface area contributed by atoms with Crippen molar-refractivity contribution in [1.82, 2.24) is 4.90 Å². The number of rotatable bonds is 8. The number of hydrogen-bond donors (Lipinski definition) is 0. The number of carbonyl (C=O) groups excluding carboxylic acids is 2. The van der Waals surface area contributed by atoms with Gasteiger partial charge < -0.3 is 4.90 Å². The van der Waals surface area contributed by atoms with Crippen LogP contribution < -0.4 is 0 Å². The first kappa shape index (κ1) is 33.7. The summed E-state index contributed by atoms with van der Waals surface area (Å²) in [6, 6.07) is 2.73. The molecule has 0 aliphatic heterocycles. The molecule has 0 fully saturated rings. The Kier molecular flexibility index (Phi) is 10.6. The van der Waals surface area contributed by atoms with Gasteiger partial charge in [0.05, 0.1) is 20.6 Å². The molecule has 0 saturated heterocycles. The number of halogens is 13. The summed E-state index contributed by atoms with van der Waals surface area (Å²) in [6.45, 7) is -1.65. The molecular formula is C24H16Cl3F10NO2. The first-order valence-electron chi connectivity index (χ1n) is 10.8. The summed E-state index contributed by atoms with van der Waals surface area (Å²) >= 11 is 17.2. The molecule has 40 heavy (non-hydrogen) atoms. The summed E-state index contributed by atoms with van der Waals surface area (Å²) in [7, 11) is 0.783. The van der Waals surface area contributed by atoms with Crippen LogP contribution in [0.5, 0.6) is 0 Å². The number of benzene rings is 2. The lowest BCUT2D eigenvalue weighted by molar-refractivity contribution is -0.158. The quantitative estimate of drug-likeness (QED) is 0.163. The Labute approximate surface area is 235 Å². The van der Waals surface area contributed by atoms with Crippen LogP contribution in [0.1, 0.15) is 45.8 Å². The van der Waals surface area contributed by atoms with E-state index in [9.17, 15) is 53.5 Å². The zero-order chi connectivity index (χ0) is 30.8. The maximum absolute atomic E-state index is 14.9. The van der Waals surface area contributed by atoms with Gasteiger partial charge in [0.1, 0.15) is 18.3 Å². The van der Waals surface area contributed by atoms with E-state index in [1.807, 2.05) is 0 Å². The van der Waals surface area contributed by atoms with Crippen molar-refractivity contribution in [2.75, 3.05) is 13.6 Å². The predicted octanol–water partition coefficient (Wildman–Crippen LogP) is 9.31. The molecule has 0 saturated carbocycles. The lowest BCUT2D eigenvalue weighted by atomic mass is 9.94. The maximum Gasteiger partial charge on any atom is 0.417 e. The Morgan fingerprint density at radius 2 is 1.45 bits per heavy atom. The zero-order valence-electron chi connectivity index (χ0n) is 19.8. The van der Waals surface area contributed by atoms with Crippen molar-refractivity contribution in [3.05, 3.63) is 73.7 Å². The molecule has 0 bridgehead atoms. The molecule has 1 atom stereocenters. The van der Waals surface area contributed by atoms with E-state index in [2.05, 4.69) is 0 Å². The monoisotopic (exact) mass is 645 g/mol. The molecular weight excluding hydrogens is 631 g/mol. The zero-order valence-corrected chi connectivity index (χ0v) is 22.1. The molecule has 0 aliphatic carbocycles. The van der Waals surface area contributed by atoms with Crippen LogP contribution in [0.25, 0.3) is 5.83 Å². The number of Topliss-reactive ketones (excluding diaryl/α,β-unsaturated/α-hetero) is 1. The first-order valence-corrected chi connectivity index (χ1v) is 11.9. The van der Waals surface area contributed by atoms with Gasteiger partial charge >= 0.3 is 18.5 Å². The first-order chi connectivity index (χ1) is 18.1. The molecule has 2 aromatic carbocycles. The Hall–Kier alpha value is -2.51. The van der Waals surface area contributed by atoms with Crippen LogP contribution in [0.4, 0.5) is 43.9 Å². The fourth-order valence-corrected chi connectivity index (χ4v) is 4.06. The highest BCUT2D eigenvalue weighted by atomic mass is 35.5. The summed E-state index contributed by atoms with van der Waals surface area (Å²) in [5.74, 6) is -6.94. The van der Waals surface area contributed by atoms with Crippen LogP contribution in [0.3, 0.4) is 0 Å². The van der Waals surface area contributed by atoms with Gasteiger partial charge in [-0.15, -0.1) is 0 Å². The van der Waals surface area contributed by atoms with E-state index in [0.717, 1.165) is 19.2 Å². The third-order valence-corrected chi connectivity index (χ3v) is 6.54. The Morgan fingerprint density at radius 3 is 1.93 bits per heavy atom. The van der Waals surface area contributed by atoms with E-state index < -0.39 is 93.6 Å². The normalized spacial score (nSPS) is 13.8. The maximum atomic E-state index is 14.9. The highest BCUT2D eigenvalue weighted by Gasteiger charge is 2.41. The van der Waals surface area contributed by atoms with Crippen LogP contribution in [0.2, 0.25) is 15.1 Å². The largest absolute Gasteiger partial charge is 0.417 e. The smallest absolute Gasteiger partial charge is 0.337 e. The summed E-state index contributed by atoms with van der Waals surface area (Å²) in [6.07, 6.45) is -17.0. The minimum Gasteiger partial charge on any atom is -0.337 e. The molecule has 1 amide bonds. The molecule has 0 aliphatic rings. The number of carbonyl (C=O) groups is 2. The third kappa shape index (κ3) is 9.00. The van der Waals surface area contributed by atoms with Crippen LogP contribution in [-0.2, 0) is 11.0 Å². The van der Waals surface area contributed by atoms with Gasteiger partial charge in [-0.25, -0.2) is 4.39 Å². The van der Waals surface area contributed by atoms with Crippen LogP contribution in [0.15, 0.2) is 36.4 Å². The second-order valence-corrected chi connectivity index (χ2v) is 9.57. The van der Waals surface area contributed by atoms with Crippen molar-refractivity contribution >= 4 is 52.3 Å². The molecule has 1 unspecified atom stereocenters. The SMILES string of the molecule is CN(CC(F)(F)F)C(=O)CCC(=O)c1ccc(/C(F)=C/C(c2cc(Cl)c(Cl)c(Cl)c2)C(F)(F)F)cc1C(F)(F)F. The van der Waals surface area contributed by atoms with E-state index >= 15 is 0 Å². The number of hydrogen-bond acceptors (Lipinski definition) is 2. The highest BCUT2D eigenvalue weighted by molar-refractivity contribution is 6.48. The molecule has 0 aromatic heterocycles. The average Bonchev–Trinajstić information content (AvgIpc) is 2.80. The molecule has 16 heteroatoms. The third-order valence-electron chi connectivity index (χ3n) is 5.34. The van der Waals surface area contributed by atoms with Gasteiger partial charge in [-0.1, -0.05) is 46.9 Å². The molecule has 2 rings (SSSR count). The van der Waals surface area contributed by atoms with E-state index in [1.165, 1.54) is 0 Å². The van der Waals surface area contributed by atoms with Crippen molar-refractivity contribution in [2.24, 2.45) is 0 Å². The van der Waals surface area contributed by atoms with E-state index in [0.29, 0.717) is 12.1 Å². The van der Waals surface area contributed by atoms with Gasteiger partial charge in [0.25, 0.3) is 0 Å². The van der Waals surface area contributed by atoms with Crippen molar-refractivity contribution in [2.45, 2.75) is 37.3 Å². The summed E-state index contributed by atoms with van der Waals surface area (Å²) in [5.41, 5.74) is -4.41. The number of allylic oxidation sites excluding steroid dienone is 1. The number of amides is 1. The Morgan fingerprint density at radius 1 is 0.900 bits per heavy atom. The summed E-state index contributed by atoms with van der Waals surface area (Å²) in [4.78, 5) is 24.5. The van der Waals surface area contributed by atoms with Gasteiger partial charge in [0, 0.05) is 31.0 Å². The Bertz CT molecular complexity index is 1280. The minimum absolute atomic E-state index is 0.0119. The van der Waals surface area contributed by atoms with Gasteiger partial charge in [0.15, 0.2) is 5.78 Å². The molecule has 0 spiro atoms. The van der Waals surface area contributed by atoms with E-state index in [4.69, 9.17) is 34.8 Å². The van der Waals surface area contributed by atoms with Gasteiger partial charge in [-0.2, -0.15) is 39.5 Å². The van der Waals surface area contributed by atoms with Crippen LogP contribution >= 0.6 is 34.8 Å².